The fraction of sp³-hybridized carbons (Fsp3) is 0.263. The van der Waals surface area contributed by atoms with Crippen molar-refractivity contribution in [2.24, 2.45) is 0 Å². The first-order chi connectivity index (χ1) is 13.3. The number of nitrogens with one attached hydrogen (secondary N) is 1. The van der Waals surface area contributed by atoms with Crippen LogP contribution in [0.4, 0.5) is 10.5 Å². The molecule has 138 valence electrons. The average Bonchev–Trinajstić information content (AvgIpc) is 3.25. The summed E-state index contributed by atoms with van der Waals surface area (Å²) in [5.41, 5.74) is 0.799. The van der Waals surface area contributed by atoms with Gasteiger partial charge in [0, 0.05) is 50.1 Å². The van der Waals surface area contributed by atoms with Gasteiger partial charge in [0.05, 0.1) is 0 Å². The van der Waals surface area contributed by atoms with E-state index in [1.54, 1.807) is 28.0 Å². The summed E-state index contributed by atoms with van der Waals surface area (Å²) in [6.45, 7) is 1.28. The highest BCUT2D eigenvalue weighted by atomic mass is 16.5. The molecule has 0 saturated carbocycles. The predicted molar refractivity (Wildman–Crippen MR) is 99.8 cm³/mol. The Morgan fingerprint density at radius 1 is 1.04 bits per heavy atom. The second-order valence-electron chi connectivity index (χ2n) is 6.28. The van der Waals surface area contributed by atoms with Gasteiger partial charge in [0.2, 0.25) is 5.88 Å². The maximum absolute atomic E-state index is 12.3. The Hall–Kier alpha value is -3.42. The lowest BCUT2D eigenvalue weighted by atomic mass is 10.1. The summed E-state index contributed by atoms with van der Waals surface area (Å²) in [7, 11) is 0. The van der Waals surface area contributed by atoms with Crippen molar-refractivity contribution < 1.29 is 9.53 Å². The van der Waals surface area contributed by atoms with Gasteiger partial charge < -0.3 is 15.0 Å². The SMILES string of the molecule is O=C(Nc1ccccc1)N1CCC(Oc2ccc(-n3cccn3)nn2)CC1. The van der Waals surface area contributed by atoms with Crippen LogP contribution >= 0.6 is 0 Å². The number of ether oxygens (including phenoxy) is 1. The zero-order valence-corrected chi connectivity index (χ0v) is 14.7. The summed E-state index contributed by atoms with van der Waals surface area (Å²) < 4.78 is 7.55. The molecule has 0 aliphatic carbocycles. The number of hydrogen-bond acceptors (Lipinski definition) is 5. The van der Waals surface area contributed by atoms with Gasteiger partial charge in [0.1, 0.15) is 6.10 Å². The number of para-hydroxylation sites is 1. The van der Waals surface area contributed by atoms with E-state index in [4.69, 9.17) is 4.74 Å². The smallest absolute Gasteiger partial charge is 0.321 e. The van der Waals surface area contributed by atoms with E-state index in [-0.39, 0.29) is 12.1 Å². The molecule has 1 aliphatic rings. The van der Waals surface area contributed by atoms with Crippen LogP contribution in [-0.2, 0) is 0 Å². The number of amides is 2. The van der Waals surface area contributed by atoms with E-state index in [0.29, 0.717) is 24.8 Å². The molecule has 0 atom stereocenters. The van der Waals surface area contributed by atoms with Gasteiger partial charge in [-0.25, -0.2) is 9.48 Å². The number of urea groups is 1. The summed E-state index contributed by atoms with van der Waals surface area (Å²) >= 11 is 0. The lowest BCUT2D eigenvalue weighted by Crippen LogP contribution is -2.43. The van der Waals surface area contributed by atoms with Gasteiger partial charge in [-0.05, 0) is 24.3 Å². The van der Waals surface area contributed by atoms with E-state index in [1.165, 1.54) is 0 Å². The second kappa shape index (κ2) is 7.86. The van der Waals surface area contributed by atoms with Gasteiger partial charge in [-0.2, -0.15) is 5.10 Å². The Kier molecular flexibility index (Phi) is 4.95. The Bertz CT molecular complexity index is 859. The quantitative estimate of drug-likeness (QED) is 0.769. The number of carbonyl (C=O) groups is 1. The summed E-state index contributed by atoms with van der Waals surface area (Å²) in [4.78, 5) is 14.1. The van der Waals surface area contributed by atoms with Gasteiger partial charge in [-0.1, -0.05) is 18.2 Å². The highest BCUT2D eigenvalue weighted by Gasteiger charge is 2.24. The van der Waals surface area contributed by atoms with Crippen LogP contribution in [0.2, 0.25) is 0 Å². The van der Waals surface area contributed by atoms with Crippen LogP contribution in [0.1, 0.15) is 12.8 Å². The lowest BCUT2D eigenvalue weighted by Gasteiger charge is -2.31. The van der Waals surface area contributed by atoms with E-state index in [2.05, 4.69) is 20.6 Å². The van der Waals surface area contributed by atoms with Crippen molar-refractivity contribution in [2.45, 2.75) is 18.9 Å². The molecule has 0 spiro atoms. The van der Waals surface area contributed by atoms with Crippen LogP contribution in [0.15, 0.2) is 60.9 Å². The molecule has 0 unspecified atom stereocenters. The van der Waals surface area contributed by atoms with Crippen molar-refractivity contribution in [3.63, 3.8) is 0 Å². The number of likely N-dealkylation sites (tertiary alicyclic amines) is 1. The maximum atomic E-state index is 12.3. The lowest BCUT2D eigenvalue weighted by molar-refractivity contribution is 0.110. The number of hydrogen-bond donors (Lipinski definition) is 1. The Labute approximate surface area is 156 Å². The highest BCUT2D eigenvalue weighted by Crippen LogP contribution is 2.18. The summed E-state index contributed by atoms with van der Waals surface area (Å²) in [5, 5.41) is 15.3. The fourth-order valence-electron chi connectivity index (χ4n) is 2.97. The average molecular weight is 364 g/mol. The largest absolute Gasteiger partial charge is 0.473 e. The van der Waals surface area contributed by atoms with Gasteiger partial charge in [0.25, 0.3) is 0 Å². The van der Waals surface area contributed by atoms with Crippen molar-refractivity contribution in [3.05, 3.63) is 60.9 Å². The molecular weight excluding hydrogens is 344 g/mol. The summed E-state index contributed by atoms with van der Waals surface area (Å²) in [5.74, 6) is 1.12. The zero-order valence-electron chi connectivity index (χ0n) is 14.7. The van der Waals surface area contributed by atoms with Crippen LogP contribution in [0.25, 0.3) is 5.82 Å². The Morgan fingerprint density at radius 3 is 2.52 bits per heavy atom. The molecule has 3 aromatic rings. The van der Waals surface area contributed by atoms with E-state index in [9.17, 15) is 4.79 Å². The Morgan fingerprint density at radius 2 is 1.85 bits per heavy atom. The number of anilines is 1. The molecule has 0 bridgehead atoms. The number of piperidine rings is 1. The molecule has 1 saturated heterocycles. The molecule has 8 nitrogen and oxygen atoms in total. The third kappa shape index (κ3) is 4.22. The minimum absolute atomic E-state index is 0.0237. The molecule has 3 heterocycles. The molecule has 1 fully saturated rings. The molecule has 0 radical (unpaired) electrons. The van der Waals surface area contributed by atoms with Crippen molar-refractivity contribution in [1.82, 2.24) is 24.9 Å². The minimum Gasteiger partial charge on any atom is -0.473 e. The number of carbonyl (C=O) groups excluding carboxylic acids is 1. The Balaban J connectivity index is 1.27. The van der Waals surface area contributed by atoms with E-state index < -0.39 is 0 Å². The molecular formula is C19H20N6O2. The first-order valence-electron chi connectivity index (χ1n) is 8.89. The third-order valence-electron chi connectivity index (χ3n) is 4.41. The predicted octanol–water partition coefficient (Wildman–Crippen LogP) is 2.74. The highest BCUT2D eigenvalue weighted by molar-refractivity contribution is 5.89. The van der Waals surface area contributed by atoms with E-state index in [1.807, 2.05) is 42.5 Å². The molecule has 4 rings (SSSR count). The van der Waals surface area contributed by atoms with Gasteiger partial charge in [0.15, 0.2) is 5.82 Å². The molecule has 2 amide bonds. The number of aromatic nitrogens is 4. The monoisotopic (exact) mass is 364 g/mol. The van der Waals surface area contributed by atoms with Crippen LogP contribution in [0, 0.1) is 0 Å². The zero-order chi connectivity index (χ0) is 18.5. The molecule has 2 aromatic heterocycles. The van der Waals surface area contributed by atoms with Crippen LogP contribution in [-0.4, -0.2) is 50.1 Å². The molecule has 1 aliphatic heterocycles. The first-order valence-corrected chi connectivity index (χ1v) is 8.89. The fourth-order valence-corrected chi connectivity index (χ4v) is 2.97. The van der Waals surface area contributed by atoms with Gasteiger partial charge in [-0.3, -0.25) is 0 Å². The van der Waals surface area contributed by atoms with Crippen LogP contribution in [0.5, 0.6) is 5.88 Å². The molecule has 1 N–H and O–H groups in total. The van der Waals surface area contributed by atoms with E-state index >= 15 is 0 Å². The van der Waals surface area contributed by atoms with Crippen molar-refractivity contribution >= 4 is 11.7 Å². The van der Waals surface area contributed by atoms with Crippen molar-refractivity contribution in [2.75, 3.05) is 18.4 Å². The first kappa shape index (κ1) is 17.0. The van der Waals surface area contributed by atoms with E-state index in [0.717, 1.165) is 18.5 Å². The number of benzene rings is 1. The van der Waals surface area contributed by atoms with Crippen LogP contribution < -0.4 is 10.1 Å². The van der Waals surface area contributed by atoms with Crippen molar-refractivity contribution in [3.8, 4) is 11.7 Å². The topological polar surface area (TPSA) is 85.2 Å². The maximum Gasteiger partial charge on any atom is 0.321 e. The second-order valence-corrected chi connectivity index (χ2v) is 6.28. The third-order valence-corrected chi connectivity index (χ3v) is 4.41. The molecule has 8 heteroatoms. The van der Waals surface area contributed by atoms with Crippen molar-refractivity contribution in [1.29, 1.82) is 0 Å². The van der Waals surface area contributed by atoms with Gasteiger partial charge >= 0.3 is 6.03 Å². The number of rotatable bonds is 4. The van der Waals surface area contributed by atoms with Gasteiger partial charge in [-0.15, -0.1) is 10.2 Å². The minimum atomic E-state index is -0.0805. The standard InChI is InChI=1S/C19H20N6O2/c26-19(21-15-5-2-1-3-6-15)24-13-9-16(10-14-24)27-18-8-7-17(22-23-18)25-12-4-11-20-25/h1-8,11-12,16H,9-10,13-14H2,(H,21,26). The normalized spacial score (nSPS) is 14.7. The van der Waals surface area contributed by atoms with Crippen LogP contribution in [0.3, 0.4) is 0 Å². The number of nitrogens with zero attached hydrogens (tertiary/aromatic N) is 5. The summed E-state index contributed by atoms with van der Waals surface area (Å²) in [6, 6.07) is 14.8. The molecule has 1 aromatic carbocycles. The summed E-state index contributed by atoms with van der Waals surface area (Å²) in [6.07, 6.45) is 5.03. The molecule has 27 heavy (non-hydrogen) atoms.